The summed E-state index contributed by atoms with van der Waals surface area (Å²) in [6.45, 7) is 0.227. The van der Waals surface area contributed by atoms with Crippen LogP contribution in [0.1, 0.15) is 25.0 Å². The van der Waals surface area contributed by atoms with Crippen LogP contribution in [0.15, 0.2) is 0 Å². The molecule has 1 N–H and O–H groups in total. The van der Waals surface area contributed by atoms with E-state index in [-0.39, 0.29) is 18.4 Å². The summed E-state index contributed by atoms with van der Waals surface area (Å²) < 4.78 is 3.79. The second-order valence-electron chi connectivity index (χ2n) is 3.53. The first kappa shape index (κ1) is 11.0. The van der Waals surface area contributed by atoms with Crippen molar-refractivity contribution in [1.82, 2.24) is 14.5 Å². The zero-order chi connectivity index (χ0) is 11.5. The summed E-state index contributed by atoms with van der Waals surface area (Å²) in [7, 11) is 1.76. The van der Waals surface area contributed by atoms with E-state index in [2.05, 4.69) is 14.9 Å². The normalized spacial score (nSPS) is 16.7. The van der Waals surface area contributed by atoms with Crippen LogP contribution in [0.25, 0.3) is 0 Å². The van der Waals surface area contributed by atoms with Gasteiger partial charge >= 0.3 is 0 Å². The SMILES string of the molecule is CNc1snnc1CN1C(=O)CCCC1=O. The number of piperidine rings is 1. The number of likely N-dealkylation sites (tertiary alicyclic amines) is 1. The summed E-state index contributed by atoms with van der Waals surface area (Å²) in [4.78, 5) is 24.4. The van der Waals surface area contributed by atoms with Crippen LogP contribution in [0.5, 0.6) is 0 Å². The number of imide groups is 1. The Morgan fingerprint density at radius 2 is 2.06 bits per heavy atom. The molecule has 0 unspecified atom stereocenters. The van der Waals surface area contributed by atoms with Gasteiger partial charge in [0, 0.05) is 31.4 Å². The van der Waals surface area contributed by atoms with Crippen molar-refractivity contribution < 1.29 is 9.59 Å². The Morgan fingerprint density at radius 1 is 1.38 bits per heavy atom. The van der Waals surface area contributed by atoms with Gasteiger partial charge in [-0.25, -0.2) is 0 Å². The largest absolute Gasteiger partial charge is 0.377 e. The maximum Gasteiger partial charge on any atom is 0.229 e. The average molecular weight is 240 g/mol. The molecule has 6 nitrogen and oxygen atoms in total. The van der Waals surface area contributed by atoms with Gasteiger partial charge in [-0.05, 0) is 6.42 Å². The molecule has 1 aromatic rings. The van der Waals surface area contributed by atoms with Crippen molar-refractivity contribution in [2.45, 2.75) is 25.8 Å². The van der Waals surface area contributed by atoms with Gasteiger partial charge in [-0.3, -0.25) is 14.5 Å². The fourth-order valence-corrected chi connectivity index (χ4v) is 2.15. The highest BCUT2D eigenvalue weighted by molar-refractivity contribution is 7.10. The molecule has 0 aliphatic carbocycles. The summed E-state index contributed by atoms with van der Waals surface area (Å²) in [5.41, 5.74) is 0.649. The fourth-order valence-electron chi connectivity index (χ4n) is 1.63. The standard InChI is InChI=1S/C9H12N4O2S/c1-10-9-6(11-12-16-9)5-13-7(14)3-2-4-8(13)15/h10H,2-5H2,1H3. The van der Waals surface area contributed by atoms with E-state index < -0.39 is 0 Å². The molecule has 86 valence electrons. The van der Waals surface area contributed by atoms with Crippen LogP contribution in [0.2, 0.25) is 0 Å². The van der Waals surface area contributed by atoms with Crippen LogP contribution >= 0.6 is 11.5 Å². The van der Waals surface area contributed by atoms with E-state index in [1.165, 1.54) is 16.4 Å². The minimum absolute atomic E-state index is 0.119. The number of aromatic nitrogens is 2. The molecule has 0 aromatic carbocycles. The topological polar surface area (TPSA) is 75.2 Å². The maximum atomic E-state index is 11.6. The van der Waals surface area contributed by atoms with Crippen LogP contribution in [0.3, 0.4) is 0 Å². The van der Waals surface area contributed by atoms with E-state index in [1.54, 1.807) is 7.05 Å². The van der Waals surface area contributed by atoms with Gasteiger partial charge in [0.25, 0.3) is 0 Å². The van der Waals surface area contributed by atoms with Gasteiger partial charge in [0.2, 0.25) is 11.8 Å². The molecule has 1 aromatic heterocycles. The molecule has 2 heterocycles. The van der Waals surface area contributed by atoms with Crippen LogP contribution in [-0.2, 0) is 16.1 Å². The van der Waals surface area contributed by atoms with Crippen molar-refractivity contribution in [1.29, 1.82) is 0 Å². The quantitative estimate of drug-likeness (QED) is 0.784. The molecule has 7 heteroatoms. The van der Waals surface area contributed by atoms with E-state index in [0.717, 1.165) is 5.00 Å². The van der Waals surface area contributed by atoms with Gasteiger partial charge in [0.1, 0.15) is 10.7 Å². The van der Waals surface area contributed by atoms with Gasteiger partial charge in [-0.15, -0.1) is 5.10 Å². The Kier molecular flexibility index (Phi) is 3.14. The smallest absolute Gasteiger partial charge is 0.229 e. The fraction of sp³-hybridized carbons (Fsp3) is 0.556. The van der Waals surface area contributed by atoms with Crippen LogP contribution in [0.4, 0.5) is 5.00 Å². The Morgan fingerprint density at radius 3 is 2.69 bits per heavy atom. The van der Waals surface area contributed by atoms with E-state index in [4.69, 9.17) is 0 Å². The Balaban J connectivity index is 2.13. The third-order valence-corrected chi connectivity index (χ3v) is 3.26. The van der Waals surface area contributed by atoms with E-state index in [0.29, 0.717) is 25.0 Å². The second kappa shape index (κ2) is 4.56. The summed E-state index contributed by atoms with van der Waals surface area (Å²) in [5, 5.41) is 7.65. The highest BCUT2D eigenvalue weighted by atomic mass is 32.1. The number of nitrogens with one attached hydrogen (secondary N) is 1. The zero-order valence-corrected chi connectivity index (χ0v) is 9.71. The number of hydrogen-bond acceptors (Lipinski definition) is 6. The minimum atomic E-state index is -0.119. The molecule has 2 amide bonds. The lowest BCUT2D eigenvalue weighted by Crippen LogP contribution is -2.39. The van der Waals surface area contributed by atoms with Gasteiger partial charge in [0.05, 0.1) is 6.54 Å². The predicted octanol–water partition coefficient (Wildman–Crippen LogP) is 0.619. The number of carbonyl (C=O) groups is 2. The van der Waals surface area contributed by atoms with Crippen molar-refractivity contribution in [3.63, 3.8) is 0 Å². The highest BCUT2D eigenvalue weighted by Crippen LogP contribution is 2.21. The zero-order valence-electron chi connectivity index (χ0n) is 8.89. The van der Waals surface area contributed by atoms with Crippen molar-refractivity contribution in [3.8, 4) is 0 Å². The third kappa shape index (κ3) is 2.04. The van der Waals surface area contributed by atoms with Crippen LogP contribution < -0.4 is 5.32 Å². The molecule has 1 aliphatic rings. The predicted molar refractivity (Wildman–Crippen MR) is 58.9 cm³/mol. The number of anilines is 1. The van der Waals surface area contributed by atoms with Crippen molar-refractivity contribution in [2.24, 2.45) is 0 Å². The van der Waals surface area contributed by atoms with Crippen molar-refractivity contribution in [2.75, 3.05) is 12.4 Å². The van der Waals surface area contributed by atoms with Crippen LogP contribution in [-0.4, -0.2) is 33.3 Å². The van der Waals surface area contributed by atoms with E-state index in [1.807, 2.05) is 0 Å². The molecule has 0 atom stereocenters. The van der Waals surface area contributed by atoms with Gasteiger partial charge in [0.15, 0.2) is 0 Å². The summed E-state index contributed by atoms with van der Waals surface area (Å²) in [5.74, 6) is -0.238. The molecule has 0 spiro atoms. The van der Waals surface area contributed by atoms with Gasteiger partial charge in [-0.2, -0.15) is 0 Å². The lowest BCUT2D eigenvalue weighted by molar-refractivity contribution is -0.148. The maximum absolute atomic E-state index is 11.6. The number of nitrogens with zero attached hydrogens (tertiary/aromatic N) is 3. The third-order valence-electron chi connectivity index (χ3n) is 2.47. The van der Waals surface area contributed by atoms with Crippen molar-refractivity contribution >= 4 is 28.3 Å². The Hall–Kier alpha value is -1.50. The lowest BCUT2D eigenvalue weighted by Gasteiger charge is -2.24. The Labute approximate surface area is 96.8 Å². The van der Waals surface area contributed by atoms with Gasteiger partial charge in [-0.1, -0.05) is 4.49 Å². The summed E-state index contributed by atoms with van der Waals surface area (Å²) in [6, 6.07) is 0. The number of rotatable bonds is 3. The lowest BCUT2D eigenvalue weighted by atomic mass is 10.1. The number of hydrogen-bond donors (Lipinski definition) is 1. The molecule has 0 bridgehead atoms. The van der Waals surface area contributed by atoms with Gasteiger partial charge < -0.3 is 5.32 Å². The second-order valence-corrected chi connectivity index (χ2v) is 4.28. The molecule has 0 radical (unpaired) electrons. The molecular weight excluding hydrogens is 228 g/mol. The molecule has 1 fully saturated rings. The highest BCUT2D eigenvalue weighted by Gasteiger charge is 2.27. The molecule has 16 heavy (non-hydrogen) atoms. The van der Waals surface area contributed by atoms with Crippen LogP contribution in [0, 0.1) is 0 Å². The first-order valence-electron chi connectivity index (χ1n) is 5.04. The average Bonchev–Trinajstić information content (AvgIpc) is 2.71. The summed E-state index contributed by atoms with van der Waals surface area (Å²) in [6.07, 6.45) is 1.54. The molecule has 1 saturated heterocycles. The summed E-state index contributed by atoms with van der Waals surface area (Å²) >= 11 is 1.22. The molecular formula is C9H12N4O2S. The van der Waals surface area contributed by atoms with E-state index in [9.17, 15) is 9.59 Å². The molecule has 1 aliphatic heterocycles. The minimum Gasteiger partial charge on any atom is -0.377 e. The molecule has 2 rings (SSSR count). The first-order chi connectivity index (χ1) is 7.72. The first-order valence-corrected chi connectivity index (χ1v) is 5.82. The number of amides is 2. The van der Waals surface area contributed by atoms with Crippen molar-refractivity contribution in [3.05, 3.63) is 5.69 Å². The monoisotopic (exact) mass is 240 g/mol. The number of carbonyl (C=O) groups excluding carboxylic acids is 2. The van der Waals surface area contributed by atoms with E-state index >= 15 is 0 Å². The molecule has 0 saturated carbocycles. The Bertz CT molecular complexity index is 401.